The number of carbonyl (C=O) groups excluding carboxylic acids is 1. The third-order valence-electron chi connectivity index (χ3n) is 3.34. The molecule has 1 amide bonds. The number of anilines is 1. The molecule has 0 aliphatic carbocycles. The molecule has 0 atom stereocenters. The third kappa shape index (κ3) is 2.61. The smallest absolute Gasteiger partial charge is 0.255 e. The molecule has 3 aromatic rings. The largest absolute Gasteiger partial charge is 0.494 e. The number of hydrogen-bond acceptors (Lipinski definition) is 4. The van der Waals surface area contributed by atoms with Crippen LogP contribution in [0.2, 0.25) is 0 Å². The van der Waals surface area contributed by atoms with Crippen LogP contribution in [0.15, 0.2) is 48.8 Å². The average molecular weight is 293 g/mol. The quantitative estimate of drug-likeness (QED) is 0.805. The lowest BCUT2D eigenvalue weighted by Crippen LogP contribution is -2.12. The number of para-hydroxylation sites is 1. The van der Waals surface area contributed by atoms with Gasteiger partial charge in [0.15, 0.2) is 0 Å². The first kappa shape index (κ1) is 14.0. The summed E-state index contributed by atoms with van der Waals surface area (Å²) in [4.78, 5) is 20.7. The van der Waals surface area contributed by atoms with Crippen LogP contribution < -0.4 is 10.1 Å². The molecule has 0 bridgehead atoms. The van der Waals surface area contributed by atoms with E-state index in [1.54, 1.807) is 31.6 Å². The highest BCUT2D eigenvalue weighted by atomic mass is 16.5. The molecule has 0 unspecified atom stereocenters. The molecule has 22 heavy (non-hydrogen) atoms. The summed E-state index contributed by atoms with van der Waals surface area (Å²) in [6.45, 7) is 1.88. The van der Waals surface area contributed by atoms with Crippen molar-refractivity contribution < 1.29 is 9.53 Å². The Kier molecular flexibility index (Phi) is 3.70. The molecule has 0 aliphatic heterocycles. The number of hydrogen-bond donors (Lipinski definition) is 1. The van der Waals surface area contributed by atoms with E-state index in [0.717, 1.165) is 16.6 Å². The van der Waals surface area contributed by atoms with Crippen LogP contribution in [0.4, 0.5) is 5.69 Å². The molecule has 0 aliphatic rings. The summed E-state index contributed by atoms with van der Waals surface area (Å²) in [6.07, 6.45) is 3.18. The molecular formula is C17H15N3O2. The topological polar surface area (TPSA) is 64.1 Å². The van der Waals surface area contributed by atoms with Gasteiger partial charge < -0.3 is 10.1 Å². The van der Waals surface area contributed by atoms with Gasteiger partial charge in [-0.15, -0.1) is 0 Å². The molecule has 0 saturated heterocycles. The van der Waals surface area contributed by atoms with Gasteiger partial charge in [-0.3, -0.25) is 9.78 Å². The molecule has 2 heterocycles. The molecule has 1 N–H and O–H groups in total. The van der Waals surface area contributed by atoms with Gasteiger partial charge in [0.05, 0.1) is 12.8 Å². The number of carbonyl (C=O) groups is 1. The Balaban J connectivity index is 2.06. The van der Waals surface area contributed by atoms with Gasteiger partial charge in [-0.25, -0.2) is 4.98 Å². The number of methoxy groups -OCH3 is 1. The maximum Gasteiger partial charge on any atom is 0.255 e. The van der Waals surface area contributed by atoms with Gasteiger partial charge in [0.2, 0.25) is 0 Å². The number of nitrogens with one attached hydrogen (secondary N) is 1. The van der Waals surface area contributed by atoms with Crippen LogP contribution in [0.5, 0.6) is 5.75 Å². The fourth-order valence-electron chi connectivity index (χ4n) is 2.32. The van der Waals surface area contributed by atoms with E-state index in [1.165, 1.54) is 0 Å². The highest BCUT2D eigenvalue weighted by molar-refractivity contribution is 6.09. The summed E-state index contributed by atoms with van der Waals surface area (Å²) >= 11 is 0. The Morgan fingerprint density at radius 2 is 1.95 bits per heavy atom. The standard InChI is InChI=1S/C17H15N3O2/c1-11-10-14(20-17(21)12-6-8-18-9-7-12)13-4-3-5-15(22-2)16(13)19-11/h3-10H,1-2H3,(H,19,20,21). The monoisotopic (exact) mass is 293 g/mol. The fourth-order valence-corrected chi connectivity index (χ4v) is 2.32. The first-order valence-corrected chi connectivity index (χ1v) is 6.85. The minimum Gasteiger partial charge on any atom is -0.494 e. The first-order valence-electron chi connectivity index (χ1n) is 6.85. The number of aromatic nitrogens is 2. The number of amides is 1. The van der Waals surface area contributed by atoms with E-state index in [0.29, 0.717) is 17.0 Å². The maximum atomic E-state index is 12.3. The Bertz CT molecular complexity index is 832. The predicted molar refractivity (Wildman–Crippen MR) is 85.2 cm³/mol. The lowest BCUT2D eigenvalue weighted by molar-refractivity contribution is 0.102. The Morgan fingerprint density at radius 1 is 1.18 bits per heavy atom. The van der Waals surface area contributed by atoms with Crippen molar-refractivity contribution in [3.05, 3.63) is 60.0 Å². The van der Waals surface area contributed by atoms with Gasteiger partial charge in [-0.05, 0) is 31.2 Å². The Hall–Kier alpha value is -2.95. The number of rotatable bonds is 3. The van der Waals surface area contributed by atoms with Crippen LogP contribution in [0.1, 0.15) is 16.1 Å². The SMILES string of the molecule is COc1cccc2c(NC(=O)c3ccncc3)cc(C)nc12. The van der Waals surface area contributed by atoms with Gasteiger partial charge in [-0.2, -0.15) is 0 Å². The number of benzene rings is 1. The summed E-state index contributed by atoms with van der Waals surface area (Å²) < 4.78 is 5.34. The average Bonchev–Trinajstić information content (AvgIpc) is 2.55. The van der Waals surface area contributed by atoms with Crippen LogP contribution in [0.3, 0.4) is 0 Å². The number of aryl methyl sites for hydroxylation is 1. The molecule has 5 heteroatoms. The van der Waals surface area contributed by atoms with Crippen molar-refractivity contribution in [3.8, 4) is 5.75 Å². The van der Waals surface area contributed by atoms with E-state index in [1.807, 2.05) is 31.2 Å². The van der Waals surface area contributed by atoms with E-state index < -0.39 is 0 Å². The van der Waals surface area contributed by atoms with Gasteiger partial charge in [0.25, 0.3) is 5.91 Å². The molecule has 0 saturated carbocycles. The van der Waals surface area contributed by atoms with Crippen molar-refractivity contribution in [1.29, 1.82) is 0 Å². The Morgan fingerprint density at radius 3 is 2.68 bits per heavy atom. The summed E-state index contributed by atoms with van der Waals surface area (Å²) in [7, 11) is 1.61. The third-order valence-corrected chi connectivity index (χ3v) is 3.34. The van der Waals surface area contributed by atoms with Crippen LogP contribution in [0, 0.1) is 6.92 Å². The number of nitrogens with zero attached hydrogens (tertiary/aromatic N) is 2. The van der Waals surface area contributed by atoms with Gasteiger partial charge in [0.1, 0.15) is 11.3 Å². The number of pyridine rings is 2. The van der Waals surface area contributed by atoms with E-state index >= 15 is 0 Å². The van der Waals surface area contributed by atoms with Crippen molar-refractivity contribution in [2.45, 2.75) is 6.92 Å². The van der Waals surface area contributed by atoms with Crippen molar-refractivity contribution >= 4 is 22.5 Å². The number of fused-ring (bicyclic) bond motifs is 1. The lowest BCUT2D eigenvalue weighted by atomic mass is 10.1. The second-order valence-electron chi connectivity index (χ2n) is 4.86. The number of ether oxygens (including phenoxy) is 1. The van der Waals surface area contributed by atoms with E-state index in [9.17, 15) is 4.79 Å². The second-order valence-corrected chi connectivity index (χ2v) is 4.86. The van der Waals surface area contributed by atoms with Crippen LogP contribution in [0.25, 0.3) is 10.9 Å². The second kappa shape index (κ2) is 5.81. The lowest BCUT2D eigenvalue weighted by Gasteiger charge is -2.11. The van der Waals surface area contributed by atoms with Crippen LogP contribution in [-0.2, 0) is 0 Å². The molecule has 5 nitrogen and oxygen atoms in total. The molecule has 2 aromatic heterocycles. The minimum absolute atomic E-state index is 0.183. The molecule has 0 spiro atoms. The van der Waals surface area contributed by atoms with Crippen molar-refractivity contribution in [2.75, 3.05) is 12.4 Å². The summed E-state index contributed by atoms with van der Waals surface area (Å²) in [6, 6.07) is 10.8. The van der Waals surface area contributed by atoms with Crippen LogP contribution in [-0.4, -0.2) is 23.0 Å². The van der Waals surface area contributed by atoms with Crippen molar-refractivity contribution in [3.63, 3.8) is 0 Å². The molecule has 110 valence electrons. The molecule has 0 fully saturated rings. The van der Waals surface area contributed by atoms with Crippen LogP contribution >= 0.6 is 0 Å². The summed E-state index contributed by atoms with van der Waals surface area (Å²) in [5.41, 5.74) is 2.81. The maximum absolute atomic E-state index is 12.3. The molecule has 1 aromatic carbocycles. The first-order chi connectivity index (χ1) is 10.7. The normalized spacial score (nSPS) is 10.5. The summed E-state index contributed by atoms with van der Waals surface area (Å²) in [5.74, 6) is 0.498. The minimum atomic E-state index is -0.183. The van der Waals surface area contributed by atoms with Crippen molar-refractivity contribution in [2.24, 2.45) is 0 Å². The van der Waals surface area contributed by atoms with Gasteiger partial charge in [0, 0.05) is 29.0 Å². The molecule has 0 radical (unpaired) electrons. The molecule has 3 rings (SSSR count). The van der Waals surface area contributed by atoms with E-state index in [2.05, 4.69) is 15.3 Å². The highest BCUT2D eigenvalue weighted by Crippen LogP contribution is 2.30. The zero-order valence-electron chi connectivity index (χ0n) is 12.3. The van der Waals surface area contributed by atoms with E-state index in [4.69, 9.17) is 4.74 Å². The zero-order chi connectivity index (χ0) is 15.5. The Labute approximate surface area is 128 Å². The highest BCUT2D eigenvalue weighted by Gasteiger charge is 2.12. The molecular weight excluding hydrogens is 278 g/mol. The van der Waals surface area contributed by atoms with Gasteiger partial charge in [-0.1, -0.05) is 12.1 Å². The predicted octanol–water partition coefficient (Wildman–Crippen LogP) is 3.20. The summed E-state index contributed by atoms with van der Waals surface area (Å²) in [5, 5.41) is 3.77. The zero-order valence-corrected chi connectivity index (χ0v) is 12.3. The van der Waals surface area contributed by atoms with E-state index in [-0.39, 0.29) is 5.91 Å². The van der Waals surface area contributed by atoms with Crippen molar-refractivity contribution in [1.82, 2.24) is 9.97 Å². The fraction of sp³-hybridized carbons (Fsp3) is 0.118. The van der Waals surface area contributed by atoms with Gasteiger partial charge >= 0.3 is 0 Å².